The topological polar surface area (TPSA) is 124 Å². The van der Waals surface area contributed by atoms with Crippen LogP contribution in [0.2, 0.25) is 0 Å². The van der Waals surface area contributed by atoms with Crippen molar-refractivity contribution < 1.29 is 14.0 Å². The highest BCUT2D eigenvalue weighted by molar-refractivity contribution is 6.04. The second kappa shape index (κ2) is 7.92. The van der Waals surface area contributed by atoms with E-state index in [1.807, 2.05) is 24.3 Å². The number of likely N-dealkylation sites (tertiary alicyclic amines) is 1. The fourth-order valence-corrected chi connectivity index (χ4v) is 4.19. The van der Waals surface area contributed by atoms with Gasteiger partial charge in [-0.05, 0) is 31.0 Å². The smallest absolute Gasteiger partial charge is 0.275 e. The molecule has 2 aromatic heterocycles. The second-order valence-corrected chi connectivity index (χ2v) is 7.90. The zero-order valence-corrected chi connectivity index (χ0v) is 17.2. The molecule has 0 unspecified atom stereocenters. The summed E-state index contributed by atoms with van der Waals surface area (Å²) in [7, 11) is 0. The van der Waals surface area contributed by atoms with E-state index in [0.717, 1.165) is 15.8 Å². The molecule has 162 valence electrons. The summed E-state index contributed by atoms with van der Waals surface area (Å²) in [5, 5.41) is 4.77. The van der Waals surface area contributed by atoms with Crippen molar-refractivity contribution >= 4 is 33.7 Å². The molecule has 1 aliphatic rings. The molecule has 0 saturated carbocycles. The molecular weight excluding hydrogens is 410 g/mol. The van der Waals surface area contributed by atoms with E-state index in [-0.39, 0.29) is 24.1 Å². The highest BCUT2D eigenvalue weighted by Crippen LogP contribution is 2.30. The van der Waals surface area contributed by atoms with Crippen molar-refractivity contribution in [2.75, 3.05) is 13.1 Å². The first-order valence-electron chi connectivity index (χ1n) is 10.4. The number of rotatable bonds is 4. The van der Waals surface area contributed by atoms with E-state index in [9.17, 15) is 14.4 Å². The molecule has 4 aromatic rings. The zero-order chi connectivity index (χ0) is 22.2. The Morgan fingerprint density at radius 1 is 1.03 bits per heavy atom. The van der Waals surface area contributed by atoms with Crippen LogP contribution in [0.5, 0.6) is 0 Å². The number of hydrogen-bond acceptors (Lipinski definition) is 6. The summed E-state index contributed by atoms with van der Waals surface area (Å²) in [6, 6.07) is 14.2. The summed E-state index contributed by atoms with van der Waals surface area (Å²) in [6.07, 6.45) is 1.43. The lowest BCUT2D eigenvalue weighted by Crippen LogP contribution is -2.42. The predicted molar refractivity (Wildman–Crippen MR) is 117 cm³/mol. The van der Waals surface area contributed by atoms with Crippen molar-refractivity contribution in [2.45, 2.75) is 25.3 Å². The fraction of sp³-hybridized carbons (Fsp3) is 0.261. The lowest BCUT2D eigenvalue weighted by Gasteiger charge is -2.30. The number of nitrogens with zero attached hydrogens (tertiary/aromatic N) is 4. The molecule has 2 N–H and O–H groups in total. The highest BCUT2D eigenvalue weighted by Gasteiger charge is 2.27. The van der Waals surface area contributed by atoms with Crippen LogP contribution in [0.15, 0.2) is 57.7 Å². The van der Waals surface area contributed by atoms with Crippen LogP contribution >= 0.6 is 0 Å². The van der Waals surface area contributed by atoms with E-state index in [1.54, 1.807) is 29.2 Å². The van der Waals surface area contributed by atoms with Crippen molar-refractivity contribution in [3.8, 4) is 0 Å². The number of carbonyl (C=O) groups excluding carboxylic acids is 2. The van der Waals surface area contributed by atoms with Crippen LogP contribution in [-0.2, 0) is 11.3 Å². The molecule has 1 saturated heterocycles. The predicted octanol–water partition coefficient (Wildman–Crippen LogP) is 2.04. The maximum atomic E-state index is 12.9. The number of oxazole rings is 1. The SMILES string of the molecule is NC(=O)c1nn(CC(=O)N2CCC(c3nc4ccccc4o3)CC2)c(=O)c2ccccc12. The zero-order valence-electron chi connectivity index (χ0n) is 17.2. The first-order chi connectivity index (χ1) is 15.5. The Bertz CT molecular complexity index is 1370. The lowest BCUT2D eigenvalue weighted by molar-refractivity contribution is -0.133. The van der Waals surface area contributed by atoms with Crippen molar-refractivity contribution in [3.05, 3.63) is 70.5 Å². The van der Waals surface area contributed by atoms with Gasteiger partial charge in [0.05, 0.1) is 5.39 Å². The third kappa shape index (κ3) is 3.51. The minimum absolute atomic E-state index is 0.0253. The van der Waals surface area contributed by atoms with Gasteiger partial charge in [0.2, 0.25) is 5.91 Å². The van der Waals surface area contributed by atoms with Crippen molar-refractivity contribution in [1.82, 2.24) is 19.7 Å². The molecule has 1 aliphatic heterocycles. The molecule has 9 nitrogen and oxygen atoms in total. The first kappa shape index (κ1) is 19.9. The molecule has 3 heterocycles. The van der Waals surface area contributed by atoms with Gasteiger partial charge in [0.15, 0.2) is 17.2 Å². The molecule has 2 amide bonds. The summed E-state index contributed by atoms with van der Waals surface area (Å²) in [4.78, 5) is 43.8. The number of hydrogen-bond donors (Lipinski definition) is 1. The van der Waals surface area contributed by atoms with Gasteiger partial charge in [0, 0.05) is 24.4 Å². The number of fused-ring (bicyclic) bond motifs is 2. The largest absolute Gasteiger partial charge is 0.440 e. The Labute approximate surface area is 182 Å². The second-order valence-electron chi connectivity index (χ2n) is 7.90. The summed E-state index contributed by atoms with van der Waals surface area (Å²) in [5.74, 6) is -0.158. The molecule has 2 aromatic carbocycles. The number of nitrogens with two attached hydrogens (primary N) is 1. The Balaban J connectivity index is 1.32. The van der Waals surface area contributed by atoms with E-state index >= 15 is 0 Å². The number of amides is 2. The Hall–Kier alpha value is -4.01. The number of primary amides is 1. The van der Waals surface area contributed by atoms with Crippen LogP contribution < -0.4 is 11.3 Å². The normalized spacial score (nSPS) is 14.8. The molecule has 32 heavy (non-hydrogen) atoms. The van der Waals surface area contributed by atoms with Crippen LogP contribution in [0.3, 0.4) is 0 Å². The fourth-order valence-electron chi connectivity index (χ4n) is 4.19. The minimum Gasteiger partial charge on any atom is -0.440 e. The summed E-state index contributed by atoms with van der Waals surface area (Å²) >= 11 is 0. The Morgan fingerprint density at radius 3 is 2.44 bits per heavy atom. The Morgan fingerprint density at radius 2 is 1.72 bits per heavy atom. The maximum Gasteiger partial charge on any atom is 0.275 e. The van der Waals surface area contributed by atoms with Crippen LogP contribution in [0.25, 0.3) is 21.9 Å². The van der Waals surface area contributed by atoms with Gasteiger partial charge < -0.3 is 15.1 Å². The van der Waals surface area contributed by atoms with Crippen molar-refractivity contribution in [1.29, 1.82) is 0 Å². The van der Waals surface area contributed by atoms with E-state index in [2.05, 4.69) is 10.1 Å². The molecule has 9 heteroatoms. The van der Waals surface area contributed by atoms with Gasteiger partial charge in [-0.2, -0.15) is 5.10 Å². The van der Waals surface area contributed by atoms with E-state index in [0.29, 0.717) is 42.6 Å². The van der Waals surface area contributed by atoms with Crippen LogP contribution in [0.1, 0.15) is 35.1 Å². The molecule has 0 radical (unpaired) electrons. The van der Waals surface area contributed by atoms with Gasteiger partial charge in [-0.25, -0.2) is 9.67 Å². The third-order valence-electron chi connectivity index (χ3n) is 5.89. The van der Waals surface area contributed by atoms with Gasteiger partial charge in [-0.1, -0.05) is 30.3 Å². The summed E-state index contributed by atoms with van der Waals surface area (Å²) < 4.78 is 6.90. The average molecular weight is 431 g/mol. The summed E-state index contributed by atoms with van der Waals surface area (Å²) in [6.45, 7) is 0.790. The number of carbonyl (C=O) groups is 2. The molecule has 1 fully saturated rings. The van der Waals surface area contributed by atoms with Crippen molar-refractivity contribution in [3.63, 3.8) is 0 Å². The number of piperidine rings is 1. The third-order valence-corrected chi connectivity index (χ3v) is 5.89. The molecule has 0 bridgehead atoms. The Kier molecular flexibility index (Phi) is 4.93. The minimum atomic E-state index is -0.749. The van der Waals surface area contributed by atoms with Gasteiger partial charge >= 0.3 is 0 Å². The quantitative estimate of drug-likeness (QED) is 0.527. The van der Waals surface area contributed by atoms with Gasteiger partial charge in [-0.15, -0.1) is 0 Å². The molecule has 5 rings (SSSR count). The highest BCUT2D eigenvalue weighted by atomic mass is 16.3. The van der Waals surface area contributed by atoms with E-state index in [4.69, 9.17) is 10.2 Å². The van der Waals surface area contributed by atoms with Crippen LogP contribution in [-0.4, -0.2) is 44.6 Å². The molecular formula is C23H21N5O4. The maximum absolute atomic E-state index is 12.9. The van der Waals surface area contributed by atoms with Crippen LogP contribution in [0, 0.1) is 0 Å². The molecule has 0 aliphatic carbocycles. The van der Waals surface area contributed by atoms with Crippen LogP contribution in [0.4, 0.5) is 0 Å². The molecule has 0 atom stereocenters. The average Bonchev–Trinajstić information content (AvgIpc) is 3.25. The number of benzene rings is 2. The first-order valence-corrected chi connectivity index (χ1v) is 10.4. The molecule has 0 spiro atoms. The number of para-hydroxylation sites is 2. The summed E-state index contributed by atoms with van der Waals surface area (Å²) in [5.41, 5.74) is 6.57. The standard InChI is InChI=1S/C23H21N5O4/c24-21(30)20-15-5-1-2-6-16(15)23(31)28(26-20)13-19(29)27-11-9-14(10-12-27)22-25-17-7-3-4-8-18(17)32-22/h1-8,14H,9-13H2,(H2,24,30). The lowest BCUT2D eigenvalue weighted by atomic mass is 9.97. The van der Waals surface area contributed by atoms with Gasteiger partial charge in [0.25, 0.3) is 11.5 Å². The van der Waals surface area contributed by atoms with Gasteiger partial charge in [0.1, 0.15) is 12.1 Å². The van der Waals surface area contributed by atoms with Gasteiger partial charge in [-0.3, -0.25) is 14.4 Å². The van der Waals surface area contributed by atoms with E-state index < -0.39 is 11.5 Å². The van der Waals surface area contributed by atoms with Crippen molar-refractivity contribution in [2.24, 2.45) is 5.73 Å². The van der Waals surface area contributed by atoms with E-state index in [1.165, 1.54) is 0 Å². The number of aromatic nitrogens is 3. The monoisotopic (exact) mass is 431 g/mol.